The van der Waals surface area contributed by atoms with Crippen LogP contribution < -0.4 is 10.7 Å². The van der Waals surface area contributed by atoms with Crippen LogP contribution in [0.15, 0.2) is 146 Å². The molecule has 0 atom stereocenters. The molecule has 77 heavy (non-hydrogen) atoms. The van der Waals surface area contributed by atoms with Gasteiger partial charge < -0.3 is 9.73 Å². The van der Waals surface area contributed by atoms with Crippen molar-refractivity contribution in [3.05, 3.63) is 119 Å². The van der Waals surface area contributed by atoms with Crippen molar-refractivity contribution in [3.8, 4) is 22.5 Å². The van der Waals surface area contributed by atoms with Crippen LogP contribution >= 0.6 is 0 Å². The van der Waals surface area contributed by atoms with Crippen LogP contribution in [0.25, 0.3) is 55.0 Å². The maximum Gasteiger partial charge on any atom is 0.300 e. The highest BCUT2D eigenvalue weighted by Crippen LogP contribution is 2.46. The minimum atomic E-state index is -5.64. The molecular weight excluding hydrogens is 1190 g/mol. The maximum atomic E-state index is 13.5. The quantitative estimate of drug-likeness (QED) is 0.0534. The van der Waals surface area contributed by atoms with E-state index in [2.05, 4.69) is 10.3 Å². The number of aryl methyl sites for hydroxylation is 1. The molecule has 0 fully saturated rings. The predicted octanol–water partition coefficient (Wildman–Crippen LogP) is 4.51. The van der Waals surface area contributed by atoms with E-state index in [0.717, 1.165) is 24.3 Å². The minimum absolute atomic E-state index is 0.0177. The number of hydrogen-bond acceptors (Lipinski definition) is 19. The lowest BCUT2D eigenvalue weighted by atomic mass is 9.91. The average molecular weight is 1220 g/mol. The van der Waals surface area contributed by atoms with E-state index in [-0.39, 0.29) is 39.8 Å². The number of hydrogen-bond donors (Lipinski definition) is 9. The molecule has 408 valence electrons. The van der Waals surface area contributed by atoms with Crippen LogP contribution in [-0.4, -0.2) is 104 Å². The molecule has 1 aliphatic heterocycles. The fourth-order valence-corrected chi connectivity index (χ4v) is 14.2. The molecule has 0 unspecified atom stereocenters. The van der Waals surface area contributed by atoms with Gasteiger partial charge in [-0.15, -0.1) is 0 Å². The third-order valence-corrected chi connectivity index (χ3v) is 18.6. The van der Waals surface area contributed by atoms with Crippen LogP contribution in [0.3, 0.4) is 0 Å². The number of rotatable bonds is 14. The fraction of sp³-hybridized carbons (Fsp3) is 0.0714. The summed E-state index contributed by atoms with van der Waals surface area (Å²) in [6.07, 6.45) is 0. The fourth-order valence-electron chi connectivity index (χ4n) is 8.44. The van der Waals surface area contributed by atoms with E-state index < -0.39 is 183 Å². The molecule has 0 spiro atoms. The lowest BCUT2D eigenvalue weighted by molar-refractivity contribution is 0.474. The van der Waals surface area contributed by atoms with Crippen LogP contribution in [0.2, 0.25) is 0 Å². The number of nitrogens with zero attached hydrogens (tertiary/aromatic N) is 1. The average Bonchev–Trinajstić information content (AvgIpc) is 3.33. The van der Waals surface area contributed by atoms with Crippen LogP contribution in [0.1, 0.15) is 16.7 Å². The molecule has 6 aromatic carbocycles. The van der Waals surface area contributed by atoms with Crippen molar-refractivity contribution < 1.29 is 108 Å². The summed E-state index contributed by atoms with van der Waals surface area (Å²) in [4.78, 5) is -5.66. The van der Waals surface area contributed by atoms with Gasteiger partial charge in [0.1, 0.15) is 19.6 Å². The Morgan fingerprint density at radius 1 is 0.442 bits per heavy atom. The Morgan fingerprint density at radius 2 is 0.896 bits per heavy atom. The third kappa shape index (κ3) is 11.2. The smallest absolute Gasteiger partial charge is 0.300 e. The first-order chi connectivity index (χ1) is 35.2. The summed E-state index contributed by atoms with van der Waals surface area (Å²) in [5, 5.41) is -1.58. The van der Waals surface area contributed by atoms with E-state index in [1.807, 2.05) is 0 Å². The molecule has 8 rings (SSSR count). The van der Waals surface area contributed by atoms with Gasteiger partial charge in [0.25, 0.3) is 80.9 Å². The summed E-state index contributed by atoms with van der Waals surface area (Å²) in [7, 11) is -43.7. The Balaban J connectivity index is 1.40. The van der Waals surface area contributed by atoms with Crippen molar-refractivity contribution in [1.82, 2.24) is 0 Å². The summed E-state index contributed by atoms with van der Waals surface area (Å²) in [6.45, 7) is -0.120. The van der Waals surface area contributed by atoms with Crippen molar-refractivity contribution in [2.24, 2.45) is 4.99 Å². The molecule has 0 aromatic heterocycles. The molecule has 1 aliphatic carbocycles. The number of fused-ring (bicyclic) bond motifs is 4. The maximum absolute atomic E-state index is 13.5. The second-order valence-corrected chi connectivity index (χ2v) is 27.7. The first-order valence-corrected chi connectivity index (χ1v) is 32.1. The Bertz CT molecular complexity index is 4940. The van der Waals surface area contributed by atoms with E-state index in [1.54, 1.807) is 19.1 Å². The van der Waals surface area contributed by atoms with Crippen molar-refractivity contribution in [2.75, 3.05) is 5.32 Å². The van der Waals surface area contributed by atoms with E-state index in [4.69, 9.17) is 4.42 Å². The molecule has 0 saturated heterocycles. The summed E-state index contributed by atoms with van der Waals surface area (Å²) < 4.78 is 290. The van der Waals surface area contributed by atoms with E-state index in [0.29, 0.717) is 29.8 Å². The lowest BCUT2D eigenvalue weighted by Crippen LogP contribution is -2.18. The highest BCUT2D eigenvalue weighted by Gasteiger charge is 2.33. The van der Waals surface area contributed by atoms with Crippen molar-refractivity contribution >= 4 is 119 Å². The van der Waals surface area contributed by atoms with Crippen molar-refractivity contribution in [3.63, 3.8) is 0 Å². The van der Waals surface area contributed by atoms with Gasteiger partial charge >= 0.3 is 0 Å². The summed E-state index contributed by atoms with van der Waals surface area (Å²) in [5.74, 6) is -0.876. The Kier molecular flexibility index (Phi) is 14.0. The number of benzene rings is 7. The Labute approximate surface area is 435 Å². The van der Waals surface area contributed by atoms with E-state index in [1.165, 1.54) is 24.3 Å². The topological polar surface area (TPSA) is 472 Å². The number of anilines is 1. The first-order valence-electron chi connectivity index (χ1n) is 20.5. The molecule has 2 aliphatic rings. The van der Waals surface area contributed by atoms with Crippen LogP contribution in [0.4, 0.5) is 5.69 Å². The highest BCUT2D eigenvalue weighted by atomic mass is 32.2. The minimum Gasteiger partial charge on any atom is -0.453 e. The summed E-state index contributed by atoms with van der Waals surface area (Å²) >= 11 is 0. The van der Waals surface area contributed by atoms with Gasteiger partial charge in [0.15, 0.2) is 21.1 Å². The van der Waals surface area contributed by atoms with Gasteiger partial charge in [-0.3, -0.25) is 41.4 Å². The van der Waals surface area contributed by atoms with E-state index in [9.17, 15) is 104 Å². The van der Waals surface area contributed by atoms with Crippen LogP contribution in [0.5, 0.6) is 0 Å². The second kappa shape index (κ2) is 18.9. The molecule has 35 heteroatoms. The highest BCUT2D eigenvalue weighted by molar-refractivity contribution is 7.88. The van der Waals surface area contributed by atoms with Crippen molar-refractivity contribution in [1.29, 1.82) is 0 Å². The Morgan fingerprint density at radius 3 is 1.36 bits per heavy atom. The monoisotopic (exact) mass is 1220 g/mol. The molecule has 27 nitrogen and oxygen atoms in total. The Hall–Kier alpha value is -6.39. The van der Waals surface area contributed by atoms with Gasteiger partial charge in [-0.25, -0.2) is 0 Å². The zero-order valence-corrected chi connectivity index (χ0v) is 44.4. The van der Waals surface area contributed by atoms with Gasteiger partial charge in [-0.2, -0.15) is 67.3 Å². The molecule has 0 radical (unpaired) electrons. The molecule has 6 aromatic rings. The molecule has 1 heterocycles. The van der Waals surface area contributed by atoms with Gasteiger partial charge in [0.05, 0.1) is 27.4 Å². The molecule has 9 N–H and O–H groups in total. The first kappa shape index (κ1) is 56.8. The SMILES string of the molecule is Cc1ccccc1-c1c2cc/c(=N/Cc3cc(S(=O)(=O)O)c4cc(S(=O)(=O)O)cc(S(=O)(=O)O)c4c3)c(S(=O)(=O)O)c-2oc2c(S(=O)(=O)O)c(NCc3cc(S(=O)(=O)O)c4cc(S(=O)(=O)O)cc(S(=O)(=O)O)c4c3)ccc12. The predicted molar refractivity (Wildman–Crippen MR) is 266 cm³/mol. The molecule has 0 saturated carbocycles. The number of nitrogens with one attached hydrogen (secondary N) is 1. The zero-order chi connectivity index (χ0) is 57.1. The summed E-state index contributed by atoms with van der Waals surface area (Å²) in [6, 6.07) is 15.1. The van der Waals surface area contributed by atoms with Crippen LogP contribution in [0, 0.1) is 6.92 Å². The van der Waals surface area contributed by atoms with E-state index >= 15 is 0 Å². The van der Waals surface area contributed by atoms with Gasteiger partial charge in [-0.05, 0) is 102 Å². The molecule has 0 bridgehead atoms. The third-order valence-electron chi connectivity index (χ3n) is 11.6. The summed E-state index contributed by atoms with van der Waals surface area (Å²) in [5.41, 5.74) is -1.75. The zero-order valence-electron chi connectivity index (χ0n) is 37.9. The standard InChI is InChI=1S/C42H32N2O25S8/c1-20-4-2-3-5-25(20)38-26-6-8-32(43-18-21-10-28-30(34(12-21)72(51,52)53)14-23(70(45,46)47)16-36(28)74(57,58)59)41(76(63,64)65)39(26)69-40-27(38)7-9-33(42(40)77(66,67)68)44-19-22-11-29-31(35(13-22)73(54,55)56)15-24(71(48,49)50)17-37(29)75(60,61)62/h2-17,43H,18-19H2,1H3,(H,45,46,47)(H,48,49,50)(H,51,52,53)(H,54,55,56)(H,57,58,59)(H,60,61,62)(H,63,64,65)(H,66,67,68)/b44-33-. The van der Waals surface area contributed by atoms with Gasteiger partial charge in [0, 0.05) is 44.6 Å². The second-order valence-electron chi connectivity index (χ2n) is 16.6. The van der Waals surface area contributed by atoms with Gasteiger partial charge in [-0.1, -0.05) is 24.3 Å². The molecular formula is C42H32N2O25S8. The molecule has 0 amide bonds. The largest absolute Gasteiger partial charge is 0.453 e. The van der Waals surface area contributed by atoms with Gasteiger partial charge in [0.2, 0.25) is 0 Å². The lowest BCUT2D eigenvalue weighted by Gasteiger charge is -2.21. The van der Waals surface area contributed by atoms with Crippen LogP contribution in [-0.2, 0) is 94.0 Å². The normalized spacial score (nSPS) is 13.8. The van der Waals surface area contributed by atoms with Crippen molar-refractivity contribution in [2.45, 2.75) is 59.2 Å².